The number of carbonyl (C=O) groups is 1. The first-order chi connectivity index (χ1) is 9.95. The Labute approximate surface area is 119 Å². The van der Waals surface area contributed by atoms with Crippen LogP contribution in [0.25, 0.3) is 0 Å². The van der Waals surface area contributed by atoms with Gasteiger partial charge in [0.1, 0.15) is 5.82 Å². The van der Waals surface area contributed by atoms with Crippen LogP contribution in [0.1, 0.15) is 12.0 Å². The molecular formula is C13H13FN4O3. The number of anilines is 1. The fourth-order valence-corrected chi connectivity index (χ4v) is 1.81. The van der Waals surface area contributed by atoms with E-state index in [0.29, 0.717) is 11.3 Å². The number of aryl methyl sites for hydroxylation is 2. The lowest BCUT2D eigenvalue weighted by atomic mass is 10.3. The molecule has 0 unspecified atom stereocenters. The molecule has 1 aromatic heterocycles. The Morgan fingerprint density at radius 1 is 1.52 bits per heavy atom. The SMILES string of the molecule is Cc1cn(CCC(=O)Nc2cccc(F)c2)nc1[N+](=O)[O-]. The Balaban J connectivity index is 1.92. The molecule has 0 saturated carbocycles. The van der Waals surface area contributed by atoms with Gasteiger partial charge in [-0.1, -0.05) is 6.07 Å². The zero-order chi connectivity index (χ0) is 15.4. The molecule has 0 saturated heterocycles. The molecule has 21 heavy (non-hydrogen) atoms. The molecule has 8 heteroatoms. The van der Waals surface area contributed by atoms with Crippen molar-refractivity contribution in [1.82, 2.24) is 9.78 Å². The van der Waals surface area contributed by atoms with Crippen LogP contribution in [0.2, 0.25) is 0 Å². The fourth-order valence-electron chi connectivity index (χ4n) is 1.81. The van der Waals surface area contributed by atoms with Crippen molar-refractivity contribution in [3.63, 3.8) is 0 Å². The second-order valence-electron chi connectivity index (χ2n) is 4.46. The lowest BCUT2D eigenvalue weighted by Gasteiger charge is -2.04. The highest BCUT2D eigenvalue weighted by Crippen LogP contribution is 2.14. The highest BCUT2D eigenvalue weighted by molar-refractivity contribution is 5.90. The average molecular weight is 292 g/mol. The molecule has 1 amide bonds. The monoisotopic (exact) mass is 292 g/mol. The van der Waals surface area contributed by atoms with E-state index in [1.165, 1.54) is 29.1 Å². The summed E-state index contributed by atoms with van der Waals surface area (Å²) in [6.07, 6.45) is 1.59. The molecule has 2 rings (SSSR count). The summed E-state index contributed by atoms with van der Waals surface area (Å²) in [5.41, 5.74) is 0.799. The average Bonchev–Trinajstić information content (AvgIpc) is 2.78. The molecule has 0 bridgehead atoms. The van der Waals surface area contributed by atoms with E-state index in [0.717, 1.165) is 0 Å². The zero-order valence-electron chi connectivity index (χ0n) is 11.2. The van der Waals surface area contributed by atoms with Gasteiger partial charge in [-0.25, -0.2) is 4.39 Å². The van der Waals surface area contributed by atoms with Crippen LogP contribution in [0, 0.1) is 22.9 Å². The van der Waals surface area contributed by atoms with Gasteiger partial charge in [0.2, 0.25) is 5.91 Å². The largest absolute Gasteiger partial charge is 0.392 e. The van der Waals surface area contributed by atoms with E-state index < -0.39 is 10.7 Å². The van der Waals surface area contributed by atoms with Gasteiger partial charge in [-0.2, -0.15) is 4.68 Å². The number of rotatable bonds is 5. The van der Waals surface area contributed by atoms with E-state index in [2.05, 4.69) is 10.4 Å². The summed E-state index contributed by atoms with van der Waals surface area (Å²) < 4.78 is 14.3. The first-order valence-corrected chi connectivity index (χ1v) is 6.19. The lowest BCUT2D eigenvalue weighted by molar-refractivity contribution is -0.390. The number of aromatic nitrogens is 2. The molecule has 2 aromatic rings. The van der Waals surface area contributed by atoms with Crippen molar-refractivity contribution in [3.8, 4) is 0 Å². The summed E-state index contributed by atoms with van der Waals surface area (Å²) in [7, 11) is 0. The molecule has 1 aromatic carbocycles. The van der Waals surface area contributed by atoms with Crippen LogP contribution in [-0.2, 0) is 11.3 Å². The normalized spacial score (nSPS) is 10.4. The quantitative estimate of drug-likeness (QED) is 0.676. The maximum absolute atomic E-state index is 13.0. The van der Waals surface area contributed by atoms with Crippen LogP contribution in [0.3, 0.4) is 0 Å². The predicted molar refractivity (Wildman–Crippen MR) is 73.3 cm³/mol. The first-order valence-electron chi connectivity index (χ1n) is 6.19. The molecule has 0 aliphatic rings. The molecule has 110 valence electrons. The highest BCUT2D eigenvalue weighted by Gasteiger charge is 2.17. The molecule has 0 fully saturated rings. The number of benzene rings is 1. The van der Waals surface area contributed by atoms with Crippen molar-refractivity contribution in [2.45, 2.75) is 19.9 Å². The number of halogens is 1. The molecule has 1 heterocycles. The minimum atomic E-state index is -0.571. The van der Waals surface area contributed by atoms with Crippen LogP contribution >= 0.6 is 0 Å². The number of nitrogens with one attached hydrogen (secondary N) is 1. The van der Waals surface area contributed by atoms with Crippen molar-refractivity contribution < 1.29 is 14.1 Å². The van der Waals surface area contributed by atoms with E-state index in [4.69, 9.17) is 0 Å². The number of hydrogen-bond acceptors (Lipinski definition) is 4. The molecule has 0 aliphatic heterocycles. The van der Waals surface area contributed by atoms with Gasteiger partial charge >= 0.3 is 5.82 Å². The molecule has 0 atom stereocenters. The van der Waals surface area contributed by atoms with Crippen molar-refractivity contribution >= 4 is 17.4 Å². The fraction of sp³-hybridized carbons (Fsp3) is 0.231. The third-order valence-electron chi connectivity index (χ3n) is 2.77. The Morgan fingerprint density at radius 2 is 2.29 bits per heavy atom. The number of nitro groups is 1. The summed E-state index contributed by atoms with van der Waals surface area (Å²) in [4.78, 5) is 21.8. The van der Waals surface area contributed by atoms with E-state index in [-0.39, 0.29) is 24.7 Å². The van der Waals surface area contributed by atoms with Crippen molar-refractivity contribution in [2.24, 2.45) is 0 Å². The smallest absolute Gasteiger partial charge is 0.358 e. The minimum absolute atomic E-state index is 0.0782. The second kappa shape index (κ2) is 6.12. The predicted octanol–water partition coefficient (Wildman–Crippen LogP) is 2.27. The number of amides is 1. The standard InChI is InChI=1S/C13H13FN4O3/c1-9-8-17(16-13(9)18(20)21)6-5-12(19)15-11-4-2-3-10(14)7-11/h2-4,7-8H,5-6H2,1H3,(H,15,19). The van der Waals surface area contributed by atoms with E-state index in [1.54, 1.807) is 13.0 Å². The van der Waals surface area contributed by atoms with Gasteiger partial charge in [0.25, 0.3) is 0 Å². The third kappa shape index (κ3) is 3.85. The van der Waals surface area contributed by atoms with Gasteiger partial charge in [0.05, 0.1) is 23.4 Å². The van der Waals surface area contributed by atoms with Crippen molar-refractivity contribution in [1.29, 1.82) is 0 Å². The Hall–Kier alpha value is -2.77. The van der Waals surface area contributed by atoms with Gasteiger partial charge in [-0.15, -0.1) is 0 Å². The van der Waals surface area contributed by atoms with Crippen LogP contribution < -0.4 is 5.32 Å². The molecule has 0 spiro atoms. The van der Waals surface area contributed by atoms with Gasteiger partial charge < -0.3 is 15.4 Å². The van der Waals surface area contributed by atoms with Crippen molar-refractivity contribution in [3.05, 3.63) is 52.0 Å². The third-order valence-corrected chi connectivity index (χ3v) is 2.77. The Bertz CT molecular complexity index is 684. The second-order valence-corrected chi connectivity index (χ2v) is 4.46. The number of nitrogens with zero attached hydrogens (tertiary/aromatic N) is 3. The Morgan fingerprint density at radius 3 is 2.90 bits per heavy atom. The van der Waals surface area contributed by atoms with E-state index in [9.17, 15) is 19.3 Å². The summed E-state index contributed by atoms with van der Waals surface area (Å²) >= 11 is 0. The molecule has 7 nitrogen and oxygen atoms in total. The topological polar surface area (TPSA) is 90.1 Å². The van der Waals surface area contributed by atoms with E-state index in [1.807, 2.05) is 0 Å². The summed E-state index contributed by atoms with van der Waals surface area (Å²) in [5, 5.41) is 17.0. The number of hydrogen-bond donors (Lipinski definition) is 1. The lowest BCUT2D eigenvalue weighted by Crippen LogP contribution is -2.14. The minimum Gasteiger partial charge on any atom is -0.358 e. The summed E-state index contributed by atoms with van der Waals surface area (Å²) in [6, 6.07) is 5.55. The molecule has 1 N–H and O–H groups in total. The molecule has 0 aliphatic carbocycles. The van der Waals surface area contributed by atoms with Crippen molar-refractivity contribution in [2.75, 3.05) is 5.32 Å². The van der Waals surface area contributed by atoms with Gasteiger partial charge in [0.15, 0.2) is 0 Å². The van der Waals surface area contributed by atoms with Gasteiger partial charge in [0, 0.05) is 12.1 Å². The molecule has 0 radical (unpaired) electrons. The maximum atomic E-state index is 13.0. The molecular weight excluding hydrogens is 279 g/mol. The van der Waals surface area contributed by atoms with Crippen LogP contribution in [0.15, 0.2) is 30.5 Å². The summed E-state index contributed by atoms with van der Waals surface area (Å²) in [6.45, 7) is 1.78. The van der Waals surface area contributed by atoms with Gasteiger partial charge in [-0.05, 0) is 30.0 Å². The Kier molecular flexibility index (Phi) is 4.27. The summed E-state index contributed by atoms with van der Waals surface area (Å²) in [5.74, 6) is -0.983. The van der Waals surface area contributed by atoms with Gasteiger partial charge in [-0.3, -0.25) is 4.79 Å². The zero-order valence-corrected chi connectivity index (χ0v) is 11.2. The first kappa shape index (κ1) is 14.6. The van der Waals surface area contributed by atoms with Crippen LogP contribution in [-0.4, -0.2) is 20.6 Å². The van der Waals surface area contributed by atoms with Crippen LogP contribution in [0.5, 0.6) is 0 Å². The van der Waals surface area contributed by atoms with Crippen LogP contribution in [0.4, 0.5) is 15.9 Å². The maximum Gasteiger partial charge on any atom is 0.392 e. The highest BCUT2D eigenvalue weighted by atomic mass is 19.1. The number of carbonyl (C=O) groups excluding carboxylic acids is 1. The van der Waals surface area contributed by atoms with E-state index >= 15 is 0 Å².